The Hall–Kier alpha value is -4.72. The normalized spacial score (nSPS) is 15.1. The Bertz CT molecular complexity index is 1410. The Morgan fingerprint density at radius 3 is 2.53 bits per heavy atom. The van der Waals surface area contributed by atoms with Crippen molar-refractivity contribution in [2.24, 2.45) is 4.99 Å². The number of aliphatic imine (C=N–C) groups is 1. The van der Waals surface area contributed by atoms with Crippen molar-refractivity contribution in [1.82, 2.24) is 5.32 Å². The highest BCUT2D eigenvalue weighted by molar-refractivity contribution is 6.11. The average molecular weight is 453 g/mol. The largest absolute Gasteiger partial charge is 0.480 e. The average Bonchev–Trinajstić information content (AvgIpc) is 3.24. The predicted molar refractivity (Wildman–Crippen MR) is 127 cm³/mol. The summed E-state index contributed by atoms with van der Waals surface area (Å²) in [6.07, 6.45) is 0.178. The lowest BCUT2D eigenvalue weighted by atomic mass is 9.98. The molecule has 0 saturated heterocycles. The Morgan fingerprint density at radius 2 is 1.76 bits per heavy atom. The van der Waals surface area contributed by atoms with E-state index in [1.54, 1.807) is 36.4 Å². The van der Waals surface area contributed by atoms with E-state index in [1.807, 2.05) is 42.5 Å². The van der Waals surface area contributed by atoms with Gasteiger partial charge in [-0.25, -0.2) is 0 Å². The number of carbonyl (C=O) groups excluding carboxylic acids is 2. The second-order valence-electron chi connectivity index (χ2n) is 7.73. The number of nitrogens with one attached hydrogen (secondary N) is 1. The predicted octanol–water partition coefficient (Wildman–Crippen LogP) is 3.71. The summed E-state index contributed by atoms with van der Waals surface area (Å²) in [5.41, 5.74) is 3.20. The lowest BCUT2D eigenvalue weighted by Gasteiger charge is -2.24. The second-order valence-corrected chi connectivity index (χ2v) is 7.73. The van der Waals surface area contributed by atoms with Gasteiger partial charge in [0, 0.05) is 17.2 Å². The number of hydrogen-bond acceptors (Lipinski definition) is 5. The number of benzodiazepines with no additional fused rings is 1. The highest BCUT2D eigenvalue weighted by Crippen LogP contribution is 2.32. The maximum atomic E-state index is 13.3. The maximum Gasteiger partial charge on any atom is 0.323 e. The summed E-state index contributed by atoms with van der Waals surface area (Å²) in [7, 11) is 0. The summed E-state index contributed by atoms with van der Waals surface area (Å²) in [6.45, 7) is -0.579. The summed E-state index contributed by atoms with van der Waals surface area (Å²) in [4.78, 5) is 43.3. The number of para-hydroxylation sites is 1. The molecule has 2 N–H and O–H groups in total. The zero-order chi connectivity index (χ0) is 23.7. The van der Waals surface area contributed by atoms with Gasteiger partial charge in [0.2, 0.25) is 6.17 Å². The van der Waals surface area contributed by atoms with E-state index >= 15 is 0 Å². The topological polar surface area (TPSA) is 112 Å². The maximum absolute atomic E-state index is 13.3. The van der Waals surface area contributed by atoms with E-state index in [-0.39, 0.29) is 5.76 Å². The summed E-state index contributed by atoms with van der Waals surface area (Å²) < 4.78 is 5.59. The Balaban J connectivity index is 1.52. The number of amides is 2. The van der Waals surface area contributed by atoms with Gasteiger partial charge in [0.05, 0.1) is 5.69 Å². The van der Waals surface area contributed by atoms with Gasteiger partial charge in [-0.1, -0.05) is 60.7 Å². The highest BCUT2D eigenvalue weighted by atomic mass is 16.4. The molecule has 168 valence electrons. The standard InChI is InChI=1S/C26H19N3O5/c30-23(31)15-29-20-11-6-10-18(16-7-2-1-3-8-16)19(20)14-27-24(26(29)33)28-25(32)22-13-17-9-4-5-12-21(17)34-22/h1-14,24H,15H2,(H,28,32)(H,30,31). The minimum Gasteiger partial charge on any atom is -0.480 e. The molecule has 0 aliphatic carbocycles. The zero-order valence-electron chi connectivity index (χ0n) is 17.8. The molecule has 0 spiro atoms. The van der Waals surface area contributed by atoms with E-state index in [1.165, 1.54) is 6.21 Å². The van der Waals surface area contributed by atoms with Crippen molar-refractivity contribution in [1.29, 1.82) is 0 Å². The molecular weight excluding hydrogens is 434 g/mol. The van der Waals surface area contributed by atoms with Gasteiger partial charge in [-0.3, -0.25) is 24.3 Å². The fourth-order valence-corrected chi connectivity index (χ4v) is 3.96. The number of fused-ring (bicyclic) bond motifs is 2. The molecule has 1 unspecified atom stereocenters. The molecule has 0 radical (unpaired) electrons. The Morgan fingerprint density at radius 1 is 1.00 bits per heavy atom. The van der Waals surface area contributed by atoms with Crippen molar-refractivity contribution in [3.63, 3.8) is 0 Å². The molecule has 2 heterocycles. The molecular formula is C26H19N3O5. The summed E-state index contributed by atoms with van der Waals surface area (Å²) in [5, 5.41) is 12.8. The van der Waals surface area contributed by atoms with Crippen molar-refractivity contribution in [2.75, 3.05) is 11.4 Å². The van der Waals surface area contributed by atoms with Crippen LogP contribution in [0.25, 0.3) is 22.1 Å². The van der Waals surface area contributed by atoms with Crippen LogP contribution in [0.2, 0.25) is 0 Å². The molecule has 0 saturated carbocycles. The molecule has 34 heavy (non-hydrogen) atoms. The van der Waals surface area contributed by atoms with E-state index in [0.717, 1.165) is 21.4 Å². The van der Waals surface area contributed by atoms with Crippen molar-refractivity contribution in [3.05, 3.63) is 90.2 Å². The van der Waals surface area contributed by atoms with Crippen LogP contribution < -0.4 is 10.2 Å². The summed E-state index contributed by atoms with van der Waals surface area (Å²) in [5.74, 6) is -2.45. The van der Waals surface area contributed by atoms with Crippen LogP contribution in [-0.4, -0.2) is 41.8 Å². The number of anilines is 1. The van der Waals surface area contributed by atoms with Crippen molar-refractivity contribution >= 4 is 40.7 Å². The molecule has 8 heteroatoms. The fraction of sp³-hybridized carbons (Fsp3) is 0.0769. The van der Waals surface area contributed by atoms with E-state index in [2.05, 4.69) is 10.3 Å². The molecule has 0 fully saturated rings. The fourth-order valence-electron chi connectivity index (χ4n) is 3.96. The SMILES string of the molecule is O=C(O)CN1C(=O)C(NC(=O)c2cc3ccccc3o2)N=Cc2c(-c3ccccc3)cccc21. The third-order valence-electron chi connectivity index (χ3n) is 5.52. The first-order valence-corrected chi connectivity index (χ1v) is 10.6. The number of rotatable bonds is 5. The number of nitrogens with zero attached hydrogens (tertiary/aromatic N) is 2. The summed E-state index contributed by atoms with van der Waals surface area (Å²) in [6, 6.07) is 23.5. The molecule has 1 aliphatic rings. The number of benzene rings is 3. The summed E-state index contributed by atoms with van der Waals surface area (Å²) >= 11 is 0. The van der Waals surface area contributed by atoms with Gasteiger partial charge >= 0.3 is 5.97 Å². The minimum atomic E-state index is -1.32. The zero-order valence-corrected chi connectivity index (χ0v) is 17.8. The number of carboxylic acid groups (broad SMARTS) is 1. The molecule has 5 rings (SSSR count). The number of furan rings is 1. The number of carboxylic acids is 1. The second kappa shape index (κ2) is 8.67. The number of hydrogen-bond donors (Lipinski definition) is 2. The molecule has 2 amide bonds. The van der Waals surface area contributed by atoms with Crippen LogP contribution in [-0.2, 0) is 9.59 Å². The lowest BCUT2D eigenvalue weighted by Crippen LogP contribution is -2.48. The first-order valence-electron chi connectivity index (χ1n) is 10.6. The molecule has 0 bridgehead atoms. The monoisotopic (exact) mass is 453 g/mol. The third-order valence-corrected chi connectivity index (χ3v) is 5.52. The van der Waals surface area contributed by atoms with Crippen molar-refractivity contribution in [3.8, 4) is 11.1 Å². The van der Waals surface area contributed by atoms with Crippen LogP contribution in [0.1, 0.15) is 16.1 Å². The number of aliphatic carboxylic acids is 1. The van der Waals surface area contributed by atoms with Gasteiger partial charge in [0.25, 0.3) is 11.8 Å². The molecule has 4 aromatic rings. The smallest absolute Gasteiger partial charge is 0.323 e. The quantitative estimate of drug-likeness (QED) is 0.479. The van der Waals surface area contributed by atoms with E-state index in [9.17, 15) is 19.5 Å². The van der Waals surface area contributed by atoms with Gasteiger partial charge in [-0.2, -0.15) is 0 Å². The molecule has 8 nitrogen and oxygen atoms in total. The van der Waals surface area contributed by atoms with E-state index < -0.39 is 30.5 Å². The van der Waals surface area contributed by atoms with Crippen LogP contribution in [0.5, 0.6) is 0 Å². The molecule has 1 aromatic heterocycles. The molecule has 3 aromatic carbocycles. The highest BCUT2D eigenvalue weighted by Gasteiger charge is 2.32. The molecule has 1 aliphatic heterocycles. The Labute approximate surface area is 194 Å². The van der Waals surface area contributed by atoms with Gasteiger partial charge < -0.3 is 14.8 Å². The van der Waals surface area contributed by atoms with Gasteiger partial charge in [-0.05, 0) is 29.3 Å². The van der Waals surface area contributed by atoms with Crippen LogP contribution in [0.15, 0.2) is 88.3 Å². The number of carbonyl (C=O) groups is 3. The first-order chi connectivity index (χ1) is 16.5. The van der Waals surface area contributed by atoms with Crippen molar-refractivity contribution in [2.45, 2.75) is 6.17 Å². The van der Waals surface area contributed by atoms with Crippen LogP contribution in [0.3, 0.4) is 0 Å². The minimum absolute atomic E-state index is 0.0284. The van der Waals surface area contributed by atoms with E-state index in [4.69, 9.17) is 4.42 Å². The lowest BCUT2D eigenvalue weighted by molar-refractivity contribution is -0.136. The van der Waals surface area contributed by atoms with Crippen LogP contribution in [0, 0.1) is 0 Å². The van der Waals surface area contributed by atoms with E-state index in [0.29, 0.717) is 16.8 Å². The van der Waals surface area contributed by atoms with Gasteiger partial charge in [-0.15, -0.1) is 0 Å². The Kier molecular flexibility index (Phi) is 5.39. The first kappa shape index (κ1) is 21.1. The third kappa shape index (κ3) is 3.93. The van der Waals surface area contributed by atoms with Crippen molar-refractivity contribution < 1.29 is 23.9 Å². The van der Waals surface area contributed by atoms with Gasteiger partial charge in [0.1, 0.15) is 12.1 Å². The van der Waals surface area contributed by atoms with Crippen LogP contribution >= 0.6 is 0 Å². The van der Waals surface area contributed by atoms with Crippen LogP contribution in [0.4, 0.5) is 5.69 Å². The van der Waals surface area contributed by atoms with Gasteiger partial charge in [0.15, 0.2) is 5.76 Å². The molecule has 1 atom stereocenters.